The minimum Gasteiger partial charge on any atom is -0.497 e. The molecule has 0 aromatic heterocycles. The number of nitrogens with one attached hydrogen (secondary N) is 2. The lowest BCUT2D eigenvalue weighted by Gasteiger charge is -2.37. The third kappa shape index (κ3) is 3.30. The summed E-state index contributed by atoms with van der Waals surface area (Å²) in [5, 5.41) is 6.41. The second-order valence-corrected chi connectivity index (χ2v) is 7.66. The van der Waals surface area contributed by atoms with E-state index in [0.717, 1.165) is 24.5 Å². The first-order chi connectivity index (χ1) is 11.6. The minimum atomic E-state index is -0.233. The van der Waals surface area contributed by atoms with E-state index in [1.165, 1.54) is 24.8 Å². The van der Waals surface area contributed by atoms with E-state index in [1.54, 1.807) is 7.11 Å². The van der Waals surface area contributed by atoms with E-state index in [4.69, 9.17) is 4.74 Å². The summed E-state index contributed by atoms with van der Waals surface area (Å²) in [6, 6.07) is 8.49. The SMILES string of the molecule is CNC(C)CNC(=O)C1(Cc2cccc(OC)c2)CC2CCC1C2. The van der Waals surface area contributed by atoms with E-state index in [2.05, 4.69) is 29.7 Å². The van der Waals surface area contributed by atoms with Gasteiger partial charge in [-0.3, -0.25) is 4.79 Å². The van der Waals surface area contributed by atoms with Crippen molar-refractivity contribution in [1.29, 1.82) is 0 Å². The van der Waals surface area contributed by atoms with Gasteiger partial charge in [0.05, 0.1) is 12.5 Å². The maximum Gasteiger partial charge on any atom is 0.226 e. The van der Waals surface area contributed by atoms with Crippen molar-refractivity contribution >= 4 is 5.91 Å². The van der Waals surface area contributed by atoms with Gasteiger partial charge in [-0.05, 0) is 69.2 Å². The Morgan fingerprint density at radius 1 is 1.42 bits per heavy atom. The number of amides is 1. The van der Waals surface area contributed by atoms with Crippen molar-refractivity contribution in [3.63, 3.8) is 0 Å². The molecule has 1 aromatic carbocycles. The van der Waals surface area contributed by atoms with Gasteiger partial charge < -0.3 is 15.4 Å². The number of hydrogen-bond donors (Lipinski definition) is 2. The lowest BCUT2D eigenvalue weighted by Crippen LogP contribution is -2.49. The van der Waals surface area contributed by atoms with Crippen LogP contribution in [0.5, 0.6) is 5.75 Å². The van der Waals surface area contributed by atoms with Crippen LogP contribution in [0.1, 0.15) is 38.2 Å². The van der Waals surface area contributed by atoms with Crippen molar-refractivity contribution in [3.8, 4) is 5.75 Å². The zero-order valence-electron chi connectivity index (χ0n) is 15.1. The van der Waals surface area contributed by atoms with Crippen LogP contribution in [-0.2, 0) is 11.2 Å². The van der Waals surface area contributed by atoms with Gasteiger partial charge in [-0.2, -0.15) is 0 Å². The molecule has 1 aromatic rings. The highest BCUT2D eigenvalue weighted by atomic mass is 16.5. The summed E-state index contributed by atoms with van der Waals surface area (Å²) < 4.78 is 5.36. The van der Waals surface area contributed by atoms with Crippen LogP contribution in [0.25, 0.3) is 0 Å². The fourth-order valence-corrected chi connectivity index (χ4v) is 4.69. The predicted molar refractivity (Wildman–Crippen MR) is 96.1 cm³/mol. The van der Waals surface area contributed by atoms with Crippen molar-refractivity contribution in [2.24, 2.45) is 17.3 Å². The minimum absolute atomic E-state index is 0.233. The second-order valence-electron chi connectivity index (χ2n) is 7.66. The van der Waals surface area contributed by atoms with Crippen LogP contribution in [-0.4, -0.2) is 32.7 Å². The molecule has 0 aliphatic heterocycles. The molecule has 4 unspecified atom stereocenters. The normalized spacial score (nSPS) is 29.5. The van der Waals surface area contributed by atoms with Gasteiger partial charge in [-0.1, -0.05) is 18.6 Å². The maximum atomic E-state index is 13.2. The third-order valence-electron chi connectivity index (χ3n) is 6.14. The molecule has 132 valence electrons. The monoisotopic (exact) mass is 330 g/mol. The fourth-order valence-electron chi connectivity index (χ4n) is 4.69. The highest BCUT2D eigenvalue weighted by Gasteiger charge is 2.55. The number of benzene rings is 1. The average molecular weight is 330 g/mol. The molecule has 4 heteroatoms. The van der Waals surface area contributed by atoms with E-state index < -0.39 is 0 Å². The Bertz CT molecular complexity index is 589. The van der Waals surface area contributed by atoms with Gasteiger partial charge in [-0.15, -0.1) is 0 Å². The number of hydrogen-bond acceptors (Lipinski definition) is 3. The van der Waals surface area contributed by atoms with Crippen molar-refractivity contribution < 1.29 is 9.53 Å². The van der Waals surface area contributed by atoms with E-state index in [-0.39, 0.29) is 11.3 Å². The third-order valence-corrected chi connectivity index (χ3v) is 6.14. The molecule has 2 saturated carbocycles. The summed E-state index contributed by atoms with van der Waals surface area (Å²) in [5.41, 5.74) is 0.974. The molecule has 2 fully saturated rings. The van der Waals surface area contributed by atoms with Gasteiger partial charge in [0.1, 0.15) is 5.75 Å². The predicted octanol–water partition coefficient (Wildman–Crippen LogP) is 2.77. The Morgan fingerprint density at radius 3 is 2.88 bits per heavy atom. The molecule has 4 nitrogen and oxygen atoms in total. The highest BCUT2D eigenvalue weighted by molar-refractivity contribution is 5.84. The van der Waals surface area contributed by atoms with Crippen molar-refractivity contribution in [2.75, 3.05) is 20.7 Å². The average Bonchev–Trinajstić information content (AvgIpc) is 3.21. The van der Waals surface area contributed by atoms with Crippen molar-refractivity contribution in [2.45, 2.75) is 45.1 Å². The molecule has 2 N–H and O–H groups in total. The largest absolute Gasteiger partial charge is 0.497 e. The van der Waals surface area contributed by atoms with Crippen LogP contribution < -0.4 is 15.4 Å². The summed E-state index contributed by atoms with van der Waals surface area (Å²) in [6.07, 6.45) is 5.58. The molecule has 4 atom stereocenters. The summed E-state index contributed by atoms with van der Waals surface area (Å²) in [5.74, 6) is 2.38. The standard InChI is InChI=1S/C20H30N2O2/c1-14(21-2)13-22-19(23)20(12-16-7-8-17(20)9-16)11-15-5-4-6-18(10-15)24-3/h4-6,10,14,16-17,21H,7-9,11-13H2,1-3H3,(H,22,23). The lowest BCUT2D eigenvalue weighted by molar-refractivity contribution is -0.134. The van der Waals surface area contributed by atoms with Crippen LogP contribution in [0.3, 0.4) is 0 Å². The van der Waals surface area contributed by atoms with Crippen LogP contribution in [0.4, 0.5) is 0 Å². The zero-order valence-corrected chi connectivity index (χ0v) is 15.1. The first-order valence-corrected chi connectivity index (χ1v) is 9.16. The maximum absolute atomic E-state index is 13.2. The van der Waals surface area contributed by atoms with Crippen LogP contribution in [0, 0.1) is 17.3 Å². The van der Waals surface area contributed by atoms with E-state index in [1.807, 2.05) is 19.2 Å². The molecule has 2 aliphatic carbocycles. The topological polar surface area (TPSA) is 50.4 Å². The Labute approximate surface area is 145 Å². The number of methoxy groups -OCH3 is 1. The molecule has 0 heterocycles. The summed E-state index contributed by atoms with van der Waals surface area (Å²) >= 11 is 0. The Morgan fingerprint density at radius 2 is 2.25 bits per heavy atom. The number of carbonyl (C=O) groups is 1. The molecule has 1 amide bonds. The summed E-state index contributed by atoms with van der Waals surface area (Å²) in [4.78, 5) is 13.2. The smallest absolute Gasteiger partial charge is 0.226 e. The van der Waals surface area contributed by atoms with Crippen molar-refractivity contribution in [3.05, 3.63) is 29.8 Å². The molecule has 2 bridgehead atoms. The highest BCUT2D eigenvalue weighted by Crippen LogP contribution is 2.57. The number of rotatable bonds is 7. The second kappa shape index (κ2) is 7.14. The van der Waals surface area contributed by atoms with Gasteiger partial charge in [0.2, 0.25) is 5.91 Å². The van der Waals surface area contributed by atoms with Gasteiger partial charge in [-0.25, -0.2) is 0 Å². The van der Waals surface area contributed by atoms with Gasteiger partial charge in [0, 0.05) is 12.6 Å². The summed E-state index contributed by atoms with van der Waals surface area (Å²) in [6.45, 7) is 2.78. The van der Waals surface area contributed by atoms with E-state index >= 15 is 0 Å². The van der Waals surface area contributed by atoms with Crippen molar-refractivity contribution in [1.82, 2.24) is 10.6 Å². The van der Waals surface area contributed by atoms with Gasteiger partial charge >= 0.3 is 0 Å². The fraction of sp³-hybridized carbons (Fsp3) is 0.650. The molecule has 0 spiro atoms. The molecule has 2 aliphatic rings. The number of ether oxygens (including phenoxy) is 1. The van der Waals surface area contributed by atoms with E-state index in [0.29, 0.717) is 18.5 Å². The Balaban J connectivity index is 1.79. The Kier molecular flexibility index (Phi) is 5.14. The van der Waals surface area contributed by atoms with Crippen LogP contribution >= 0.6 is 0 Å². The quantitative estimate of drug-likeness (QED) is 0.808. The lowest BCUT2D eigenvalue weighted by atomic mass is 9.68. The first-order valence-electron chi connectivity index (χ1n) is 9.16. The first kappa shape index (κ1) is 17.3. The number of fused-ring (bicyclic) bond motifs is 2. The van der Waals surface area contributed by atoms with E-state index in [9.17, 15) is 4.79 Å². The molecule has 3 rings (SSSR count). The Hall–Kier alpha value is -1.55. The molecule has 0 saturated heterocycles. The van der Waals surface area contributed by atoms with Crippen LogP contribution in [0.15, 0.2) is 24.3 Å². The molecule has 0 radical (unpaired) electrons. The van der Waals surface area contributed by atoms with Gasteiger partial charge in [0.25, 0.3) is 0 Å². The zero-order chi connectivity index (χ0) is 17.2. The summed E-state index contributed by atoms with van der Waals surface area (Å²) in [7, 11) is 3.62. The molecule has 24 heavy (non-hydrogen) atoms. The molecular formula is C20H30N2O2. The van der Waals surface area contributed by atoms with Gasteiger partial charge in [0.15, 0.2) is 0 Å². The molecular weight excluding hydrogens is 300 g/mol. The van der Waals surface area contributed by atoms with Crippen LogP contribution in [0.2, 0.25) is 0 Å². The number of likely N-dealkylation sites (N-methyl/N-ethyl adjacent to an activating group) is 1. The number of carbonyl (C=O) groups excluding carboxylic acids is 1.